The van der Waals surface area contributed by atoms with Crippen molar-refractivity contribution in [3.63, 3.8) is 0 Å². The molecule has 10 heteroatoms. The molecule has 2 N–H and O–H groups in total. The van der Waals surface area contributed by atoms with Crippen molar-refractivity contribution in [2.75, 3.05) is 0 Å². The fraction of sp³-hybridized carbons (Fsp3) is 0.480. The number of nitrogens with two attached hydrogens (primary N) is 1. The van der Waals surface area contributed by atoms with Crippen molar-refractivity contribution in [1.29, 1.82) is 0 Å². The van der Waals surface area contributed by atoms with Gasteiger partial charge in [-0.3, -0.25) is 4.68 Å². The molecule has 190 valence electrons. The highest BCUT2D eigenvalue weighted by molar-refractivity contribution is 7.89. The molecule has 0 aliphatic heterocycles. The Bertz CT molecular complexity index is 1320. The summed E-state index contributed by atoms with van der Waals surface area (Å²) in [6.45, 7) is 5.91. The molecule has 0 radical (unpaired) electrons. The van der Waals surface area contributed by atoms with Crippen molar-refractivity contribution in [1.82, 2.24) is 14.3 Å². The lowest BCUT2D eigenvalue weighted by molar-refractivity contribution is -0.137. The number of aromatic nitrogens is 3. The Kier molecular flexibility index (Phi) is 6.89. The molecule has 0 unspecified atom stereocenters. The first kappa shape index (κ1) is 25.5. The number of hydrogen-bond donors (Lipinski definition) is 1. The first-order valence-electron chi connectivity index (χ1n) is 11.9. The van der Waals surface area contributed by atoms with E-state index in [0.717, 1.165) is 31.7 Å². The van der Waals surface area contributed by atoms with Gasteiger partial charge in [-0.1, -0.05) is 31.4 Å². The van der Waals surface area contributed by atoms with E-state index in [-0.39, 0.29) is 16.5 Å². The Balaban J connectivity index is 1.88. The molecule has 2 aromatic heterocycles. The maximum Gasteiger partial charge on any atom is 0.417 e. The molecule has 1 aliphatic rings. The number of rotatable bonds is 6. The molecule has 1 aliphatic carbocycles. The van der Waals surface area contributed by atoms with Crippen LogP contribution in [0.3, 0.4) is 0 Å². The quantitative estimate of drug-likeness (QED) is 0.433. The Labute approximate surface area is 204 Å². The fourth-order valence-corrected chi connectivity index (χ4v) is 5.91. The van der Waals surface area contributed by atoms with Crippen LogP contribution < -0.4 is 5.14 Å². The van der Waals surface area contributed by atoms with Crippen LogP contribution >= 0.6 is 0 Å². The summed E-state index contributed by atoms with van der Waals surface area (Å²) < 4.78 is 70.7. The predicted octanol–water partition coefficient (Wildman–Crippen LogP) is 6.15. The van der Waals surface area contributed by atoms with Gasteiger partial charge in [-0.25, -0.2) is 13.6 Å². The van der Waals surface area contributed by atoms with Crippen molar-refractivity contribution in [2.24, 2.45) is 11.1 Å². The summed E-state index contributed by atoms with van der Waals surface area (Å²) in [4.78, 5) is -0.0566. The largest absolute Gasteiger partial charge is 0.417 e. The summed E-state index contributed by atoms with van der Waals surface area (Å²) in [5.41, 5.74) is 0.775. The zero-order valence-corrected chi connectivity index (χ0v) is 21.0. The molecule has 1 saturated carbocycles. The average molecular weight is 509 g/mol. The third kappa shape index (κ3) is 5.18. The third-order valence-electron chi connectivity index (χ3n) is 6.85. The van der Waals surface area contributed by atoms with Gasteiger partial charge in [0, 0.05) is 35.7 Å². The minimum absolute atomic E-state index is 0.0289. The lowest BCUT2D eigenvalue weighted by atomic mass is 9.89. The highest BCUT2D eigenvalue weighted by Gasteiger charge is 2.35. The third-order valence-corrected chi connectivity index (χ3v) is 7.87. The summed E-state index contributed by atoms with van der Waals surface area (Å²) in [7, 11) is -4.04. The van der Waals surface area contributed by atoms with E-state index < -0.39 is 21.8 Å². The molecule has 3 aromatic rings. The van der Waals surface area contributed by atoms with E-state index in [9.17, 15) is 21.6 Å². The van der Waals surface area contributed by atoms with Crippen molar-refractivity contribution in [3.05, 3.63) is 47.8 Å². The van der Waals surface area contributed by atoms with Crippen LogP contribution in [0, 0.1) is 12.8 Å². The average Bonchev–Trinajstić information content (AvgIpc) is 3.39. The number of halogens is 3. The Morgan fingerprint density at radius 1 is 1.09 bits per heavy atom. The van der Waals surface area contributed by atoms with E-state index in [1.165, 1.54) is 24.8 Å². The van der Waals surface area contributed by atoms with Crippen LogP contribution in [0.5, 0.6) is 0 Å². The van der Waals surface area contributed by atoms with Crippen LogP contribution in [0.1, 0.15) is 63.3 Å². The van der Waals surface area contributed by atoms with Gasteiger partial charge < -0.3 is 4.57 Å². The van der Waals surface area contributed by atoms with Crippen molar-refractivity contribution in [3.8, 4) is 22.5 Å². The molecule has 6 nitrogen and oxygen atoms in total. The van der Waals surface area contributed by atoms with Crippen LogP contribution in [0.2, 0.25) is 0 Å². The second-order valence-electron chi connectivity index (χ2n) is 9.65. The number of primary sulfonamides is 1. The summed E-state index contributed by atoms with van der Waals surface area (Å²) >= 11 is 0. The second-order valence-corrected chi connectivity index (χ2v) is 11.2. The molecule has 0 bridgehead atoms. The fourth-order valence-electron chi connectivity index (χ4n) is 5.11. The van der Waals surface area contributed by atoms with E-state index in [1.54, 1.807) is 23.7 Å². The monoisotopic (exact) mass is 508 g/mol. The molecule has 0 saturated heterocycles. The SMILES string of the molecule is Cc1c(S(N)(=O)=O)cc(-c2ccc(-c3ccnn3C(C)C)c(C(F)(F)F)c2)n1CC1CCCCC1. The normalized spacial score (nSPS) is 15.8. The van der Waals surface area contributed by atoms with E-state index in [4.69, 9.17) is 5.14 Å². The molecule has 1 fully saturated rings. The van der Waals surface area contributed by atoms with Gasteiger partial charge in [0.1, 0.15) is 4.90 Å². The molecule has 4 rings (SSSR count). The maximum atomic E-state index is 14.3. The van der Waals surface area contributed by atoms with E-state index in [1.807, 2.05) is 18.4 Å². The molecule has 0 atom stereocenters. The van der Waals surface area contributed by atoms with Gasteiger partial charge in [0.05, 0.1) is 11.3 Å². The lowest BCUT2D eigenvalue weighted by Crippen LogP contribution is -2.17. The second kappa shape index (κ2) is 9.46. The Morgan fingerprint density at radius 3 is 2.37 bits per heavy atom. The van der Waals surface area contributed by atoms with Gasteiger partial charge in [0.15, 0.2) is 0 Å². The van der Waals surface area contributed by atoms with Gasteiger partial charge in [-0.05, 0) is 63.3 Å². The zero-order chi connectivity index (χ0) is 25.5. The number of hydrogen-bond acceptors (Lipinski definition) is 3. The minimum Gasteiger partial charge on any atom is -0.343 e. The number of nitrogens with zero attached hydrogens (tertiary/aromatic N) is 3. The Hall–Kier alpha value is -2.59. The highest BCUT2D eigenvalue weighted by atomic mass is 32.2. The van der Waals surface area contributed by atoms with Crippen LogP contribution in [-0.4, -0.2) is 22.8 Å². The van der Waals surface area contributed by atoms with Crippen LogP contribution in [0.25, 0.3) is 22.5 Å². The van der Waals surface area contributed by atoms with Gasteiger partial charge in [-0.15, -0.1) is 0 Å². The summed E-state index contributed by atoms with van der Waals surface area (Å²) in [6, 6.07) is 7.01. The summed E-state index contributed by atoms with van der Waals surface area (Å²) in [6.07, 6.45) is 2.25. The first-order chi connectivity index (χ1) is 16.4. The maximum absolute atomic E-state index is 14.3. The summed E-state index contributed by atoms with van der Waals surface area (Å²) in [5.74, 6) is 0.337. The van der Waals surface area contributed by atoms with Crippen LogP contribution in [-0.2, 0) is 22.7 Å². The molecule has 0 amide bonds. The molecule has 2 heterocycles. The van der Waals surface area contributed by atoms with Gasteiger partial charge >= 0.3 is 6.18 Å². The van der Waals surface area contributed by atoms with Crippen molar-refractivity contribution in [2.45, 2.75) is 76.5 Å². The van der Waals surface area contributed by atoms with E-state index >= 15 is 0 Å². The topological polar surface area (TPSA) is 82.9 Å². The zero-order valence-electron chi connectivity index (χ0n) is 20.1. The molecular weight excluding hydrogens is 477 g/mol. The van der Waals surface area contributed by atoms with Crippen LogP contribution in [0.15, 0.2) is 41.4 Å². The first-order valence-corrected chi connectivity index (χ1v) is 13.4. The molecule has 1 aromatic carbocycles. The summed E-state index contributed by atoms with van der Waals surface area (Å²) in [5, 5.41) is 9.63. The minimum atomic E-state index is -4.62. The number of alkyl halides is 3. The van der Waals surface area contributed by atoms with Gasteiger partial charge in [0.25, 0.3) is 0 Å². The van der Waals surface area contributed by atoms with Crippen molar-refractivity contribution >= 4 is 10.0 Å². The van der Waals surface area contributed by atoms with E-state index in [0.29, 0.717) is 35.1 Å². The van der Waals surface area contributed by atoms with Gasteiger partial charge in [0.2, 0.25) is 10.0 Å². The van der Waals surface area contributed by atoms with E-state index in [2.05, 4.69) is 5.10 Å². The highest BCUT2D eigenvalue weighted by Crippen LogP contribution is 2.41. The standard InChI is InChI=1S/C25H31F3N4O2S/c1-16(2)32-22(11-12-30-32)20-10-9-19(13-21(20)25(26,27)28)23-14-24(35(29,33)34)17(3)31(23)15-18-7-5-4-6-8-18/h9-14,16,18H,4-8,15H2,1-3H3,(H2,29,33,34). The smallest absolute Gasteiger partial charge is 0.343 e. The Morgan fingerprint density at radius 2 is 1.77 bits per heavy atom. The number of sulfonamides is 1. The van der Waals surface area contributed by atoms with Crippen LogP contribution in [0.4, 0.5) is 13.2 Å². The van der Waals surface area contributed by atoms with Gasteiger partial charge in [-0.2, -0.15) is 18.3 Å². The lowest BCUT2D eigenvalue weighted by Gasteiger charge is -2.24. The van der Waals surface area contributed by atoms with Crippen molar-refractivity contribution < 1.29 is 21.6 Å². The number of benzene rings is 1. The predicted molar refractivity (Wildman–Crippen MR) is 129 cm³/mol. The molecule has 0 spiro atoms. The molecular formula is C25H31F3N4O2S. The molecule has 35 heavy (non-hydrogen) atoms.